The van der Waals surface area contributed by atoms with Crippen molar-refractivity contribution in [3.63, 3.8) is 0 Å². The first-order chi connectivity index (χ1) is 16.2. The van der Waals surface area contributed by atoms with Crippen LogP contribution in [0.5, 0.6) is 0 Å². The lowest BCUT2D eigenvalue weighted by molar-refractivity contribution is 0.174. The quantitative estimate of drug-likeness (QED) is 0.566. The molecule has 182 valence electrons. The molecular weight excluding hydrogens is 433 g/mol. The monoisotopic (exact) mass is 467 g/mol. The number of anilines is 1. The van der Waals surface area contributed by atoms with Gasteiger partial charge in [-0.1, -0.05) is 13.8 Å². The largest absolute Gasteiger partial charge is 0.354 e. The molecule has 0 saturated carbocycles. The molecule has 1 saturated heterocycles. The Hall–Kier alpha value is -3.23. The van der Waals surface area contributed by atoms with Gasteiger partial charge in [-0.15, -0.1) is 0 Å². The van der Waals surface area contributed by atoms with Crippen molar-refractivity contribution in [2.45, 2.75) is 40.0 Å². The molecule has 1 aliphatic heterocycles. The maximum absolute atomic E-state index is 13.6. The minimum Gasteiger partial charge on any atom is -0.354 e. The Labute approximate surface area is 200 Å². The predicted molar refractivity (Wildman–Crippen MR) is 132 cm³/mol. The molecule has 1 aliphatic rings. The van der Waals surface area contributed by atoms with Crippen LogP contribution in [-0.4, -0.2) is 75.9 Å². The van der Waals surface area contributed by atoms with Gasteiger partial charge < -0.3 is 14.7 Å². The van der Waals surface area contributed by atoms with E-state index >= 15 is 0 Å². The first-order valence-corrected chi connectivity index (χ1v) is 12.0. The van der Waals surface area contributed by atoms with Crippen LogP contribution in [0.25, 0.3) is 16.7 Å². The summed E-state index contributed by atoms with van der Waals surface area (Å²) in [6, 6.07) is 6.34. The van der Waals surface area contributed by atoms with Gasteiger partial charge >= 0.3 is 6.03 Å². The van der Waals surface area contributed by atoms with Crippen molar-refractivity contribution < 1.29 is 9.18 Å². The zero-order chi connectivity index (χ0) is 24.4. The minimum atomic E-state index is -0.286. The van der Waals surface area contributed by atoms with Crippen molar-refractivity contribution in [3.8, 4) is 5.69 Å². The highest BCUT2D eigenvalue weighted by molar-refractivity contribution is 5.91. The number of aryl methyl sites for hydroxylation is 2. The highest BCUT2D eigenvalue weighted by Gasteiger charge is 2.25. The molecular formula is C25H34FN7O. The third-order valence-electron chi connectivity index (χ3n) is 6.19. The molecule has 9 heteroatoms. The SMILES string of the molecule is Cc1nn(-c2ccc(F)cc2)c2nc(CCC(C)C)nc(N3CCCN(C(=O)N(C)C)CC3)c12. The Balaban J connectivity index is 1.77. The topological polar surface area (TPSA) is 70.4 Å². The second-order valence-electron chi connectivity index (χ2n) is 9.57. The lowest BCUT2D eigenvalue weighted by Crippen LogP contribution is -2.41. The summed E-state index contributed by atoms with van der Waals surface area (Å²) in [5.41, 5.74) is 2.33. The maximum atomic E-state index is 13.6. The van der Waals surface area contributed by atoms with Crippen LogP contribution >= 0.6 is 0 Å². The minimum absolute atomic E-state index is 0.0348. The molecule has 0 aliphatic carbocycles. The summed E-state index contributed by atoms with van der Waals surface area (Å²) in [5, 5.41) is 5.67. The molecule has 0 atom stereocenters. The molecule has 0 N–H and O–H groups in total. The molecule has 2 amide bonds. The molecule has 2 aromatic heterocycles. The molecule has 3 heterocycles. The van der Waals surface area contributed by atoms with Gasteiger partial charge in [0.15, 0.2) is 5.65 Å². The predicted octanol–water partition coefficient (Wildman–Crippen LogP) is 4.05. The van der Waals surface area contributed by atoms with Gasteiger partial charge in [-0.25, -0.2) is 23.8 Å². The van der Waals surface area contributed by atoms with E-state index in [1.807, 2.05) is 11.8 Å². The summed E-state index contributed by atoms with van der Waals surface area (Å²) >= 11 is 0. The average molecular weight is 468 g/mol. The Bertz CT molecular complexity index is 1160. The lowest BCUT2D eigenvalue weighted by atomic mass is 10.1. The van der Waals surface area contributed by atoms with Crippen molar-refractivity contribution in [3.05, 3.63) is 41.6 Å². The van der Waals surface area contributed by atoms with Crippen molar-refractivity contribution in [1.29, 1.82) is 0 Å². The summed E-state index contributed by atoms with van der Waals surface area (Å²) in [6.45, 7) is 9.19. The van der Waals surface area contributed by atoms with Crippen molar-refractivity contribution in [2.24, 2.45) is 5.92 Å². The highest BCUT2D eigenvalue weighted by Crippen LogP contribution is 2.30. The summed E-state index contributed by atoms with van der Waals surface area (Å²) in [7, 11) is 3.57. The third-order valence-corrected chi connectivity index (χ3v) is 6.19. The molecule has 0 radical (unpaired) electrons. The fourth-order valence-corrected chi connectivity index (χ4v) is 4.33. The normalized spacial score (nSPS) is 14.7. The number of rotatable bonds is 5. The second kappa shape index (κ2) is 9.95. The molecule has 1 aromatic carbocycles. The Morgan fingerprint density at radius 2 is 1.82 bits per heavy atom. The number of hydrogen-bond acceptors (Lipinski definition) is 5. The van der Waals surface area contributed by atoms with Gasteiger partial charge in [0.25, 0.3) is 0 Å². The number of aromatic nitrogens is 4. The van der Waals surface area contributed by atoms with Gasteiger partial charge in [-0.05, 0) is 49.9 Å². The van der Waals surface area contributed by atoms with Gasteiger partial charge in [0.1, 0.15) is 17.5 Å². The zero-order valence-corrected chi connectivity index (χ0v) is 20.8. The van der Waals surface area contributed by atoms with Crippen LogP contribution in [0.2, 0.25) is 0 Å². The van der Waals surface area contributed by atoms with Gasteiger partial charge in [0.2, 0.25) is 0 Å². The number of urea groups is 1. The zero-order valence-electron chi connectivity index (χ0n) is 20.8. The fourth-order valence-electron chi connectivity index (χ4n) is 4.33. The number of nitrogens with zero attached hydrogens (tertiary/aromatic N) is 7. The van der Waals surface area contributed by atoms with Gasteiger partial charge in [-0.2, -0.15) is 5.10 Å². The average Bonchev–Trinajstić information content (AvgIpc) is 2.97. The number of carbonyl (C=O) groups is 1. The molecule has 0 spiro atoms. The second-order valence-corrected chi connectivity index (χ2v) is 9.57. The molecule has 1 fully saturated rings. The van der Waals surface area contributed by atoms with Crippen LogP contribution in [0, 0.1) is 18.7 Å². The maximum Gasteiger partial charge on any atom is 0.319 e. The Morgan fingerprint density at radius 3 is 2.50 bits per heavy atom. The third kappa shape index (κ3) is 4.98. The smallest absolute Gasteiger partial charge is 0.319 e. The van der Waals surface area contributed by atoms with E-state index < -0.39 is 0 Å². The number of hydrogen-bond donors (Lipinski definition) is 0. The lowest BCUT2D eigenvalue weighted by Gasteiger charge is -2.25. The van der Waals surface area contributed by atoms with Crippen molar-refractivity contribution in [1.82, 2.24) is 29.5 Å². The number of halogens is 1. The Kier molecular flexibility index (Phi) is 7.00. The van der Waals surface area contributed by atoms with Crippen LogP contribution in [-0.2, 0) is 6.42 Å². The van der Waals surface area contributed by atoms with Crippen molar-refractivity contribution >= 4 is 22.9 Å². The summed E-state index contributed by atoms with van der Waals surface area (Å²) in [4.78, 5) is 28.2. The molecule has 8 nitrogen and oxygen atoms in total. The van der Waals surface area contributed by atoms with E-state index in [2.05, 4.69) is 18.7 Å². The van der Waals surface area contributed by atoms with Crippen LogP contribution in [0.15, 0.2) is 24.3 Å². The van der Waals surface area contributed by atoms with E-state index in [1.165, 1.54) is 12.1 Å². The van der Waals surface area contributed by atoms with Crippen LogP contribution in [0.3, 0.4) is 0 Å². The van der Waals surface area contributed by atoms with Crippen molar-refractivity contribution in [2.75, 3.05) is 45.2 Å². The highest BCUT2D eigenvalue weighted by atomic mass is 19.1. The van der Waals surface area contributed by atoms with E-state index in [0.717, 1.165) is 66.4 Å². The summed E-state index contributed by atoms with van der Waals surface area (Å²) in [6.07, 6.45) is 2.62. The number of amides is 2. The molecule has 34 heavy (non-hydrogen) atoms. The Morgan fingerprint density at radius 1 is 1.09 bits per heavy atom. The van der Waals surface area contributed by atoms with E-state index in [-0.39, 0.29) is 11.8 Å². The van der Waals surface area contributed by atoms with Gasteiger partial charge in [0, 0.05) is 46.7 Å². The number of fused-ring (bicyclic) bond motifs is 1. The fraction of sp³-hybridized carbons (Fsp3) is 0.520. The molecule has 3 aromatic rings. The van der Waals surface area contributed by atoms with Crippen LogP contribution < -0.4 is 4.90 Å². The van der Waals surface area contributed by atoms with Gasteiger partial charge in [0.05, 0.1) is 16.8 Å². The number of benzene rings is 1. The molecule has 0 unspecified atom stereocenters. The van der Waals surface area contributed by atoms with E-state index in [9.17, 15) is 9.18 Å². The number of carbonyl (C=O) groups excluding carboxylic acids is 1. The van der Waals surface area contributed by atoms with E-state index in [4.69, 9.17) is 15.1 Å². The first-order valence-electron chi connectivity index (χ1n) is 12.0. The summed E-state index contributed by atoms with van der Waals surface area (Å²) < 4.78 is 15.3. The first kappa shape index (κ1) is 23.9. The molecule has 0 bridgehead atoms. The summed E-state index contributed by atoms with van der Waals surface area (Å²) in [5.74, 6) is 1.90. The standard InChI is InChI=1S/C25H34FN7O/c1-17(2)7-12-21-27-23(31-13-6-14-32(16-15-31)25(34)30(4)5)22-18(3)29-33(24(22)28-21)20-10-8-19(26)9-11-20/h8-11,17H,6-7,12-16H2,1-5H3. The van der Waals surface area contributed by atoms with Crippen LogP contribution in [0.1, 0.15) is 38.2 Å². The van der Waals surface area contributed by atoms with E-state index in [0.29, 0.717) is 19.0 Å². The van der Waals surface area contributed by atoms with Gasteiger partial charge in [-0.3, -0.25) is 0 Å². The van der Waals surface area contributed by atoms with E-state index in [1.54, 1.807) is 35.8 Å². The molecule has 4 rings (SSSR count). The van der Waals surface area contributed by atoms with Crippen LogP contribution in [0.4, 0.5) is 15.0 Å².